The van der Waals surface area contributed by atoms with Gasteiger partial charge in [-0.1, -0.05) is 0 Å². The fourth-order valence-corrected chi connectivity index (χ4v) is 3.29. The van der Waals surface area contributed by atoms with Gasteiger partial charge in [-0.05, 0) is 0 Å². The van der Waals surface area contributed by atoms with Gasteiger partial charge < -0.3 is 0 Å². The van der Waals surface area contributed by atoms with Crippen LogP contribution in [0.2, 0.25) is 4.44 Å². The maximum absolute atomic E-state index is 5.68. The molecule has 0 saturated carbocycles. The van der Waals surface area contributed by atoms with Crippen molar-refractivity contribution in [2.75, 3.05) is 0 Å². The van der Waals surface area contributed by atoms with Gasteiger partial charge in [0.15, 0.2) is 0 Å². The minimum atomic E-state index is -3.08. The molecule has 58 valence electrons. The molecule has 0 saturated heterocycles. The molecule has 0 aromatic rings. The molecule has 0 aliphatic rings. The molecule has 10 heavy (non-hydrogen) atoms. The Morgan fingerprint density at radius 1 is 1.50 bits per heavy atom. The summed E-state index contributed by atoms with van der Waals surface area (Å²) in [7, 11) is 17.0. The van der Waals surface area contributed by atoms with Crippen molar-refractivity contribution in [1.29, 1.82) is 0 Å². The van der Waals surface area contributed by atoms with Crippen LogP contribution in [0.25, 0.3) is 0 Å². The zero-order chi connectivity index (χ0) is 8.20. The zero-order valence-corrected chi connectivity index (χ0v) is 10.8. The van der Waals surface area contributed by atoms with Crippen LogP contribution in [-0.2, 0) is 0 Å². The van der Waals surface area contributed by atoms with Crippen LogP contribution in [0.3, 0.4) is 0 Å². The zero-order valence-electron chi connectivity index (χ0n) is 5.70. The van der Waals surface area contributed by atoms with E-state index in [0.29, 0.717) is 4.44 Å². The van der Waals surface area contributed by atoms with Crippen LogP contribution in [0.1, 0.15) is 6.92 Å². The average Bonchev–Trinajstić information content (AvgIpc) is 1.59. The van der Waals surface area contributed by atoms with Gasteiger partial charge in [-0.25, -0.2) is 0 Å². The summed E-state index contributed by atoms with van der Waals surface area (Å²) in [4.78, 5) is 0. The van der Waals surface area contributed by atoms with E-state index in [-0.39, 0.29) is 0 Å². The Morgan fingerprint density at radius 2 is 2.00 bits per heavy atom. The standard InChI is InChI=1S/C6H9.3ClH.Sn/c1-4-5-6(2)3;;;;/h4-5H,1-2H2,3H3;3*1H;/q;;;;+3/p-3/b5-4+;;;;. The van der Waals surface area contributed by atoms with Crippen molar-refractivity contribution in [3.05, 3.63) is 24.3 Å². The number of allylic oxidation sites excluding steroid dienone is 3. The van der Waals surface area contributed by atoms with Crippen LogP contribution in [0.5, 0.6) is 0 Å². The topological polar surface area (TPSA) is 0 Å². The Kier molecular flexibility index (Phi) is 5.48. The molecule has 0 aliphatic heterocycles. The van der Waals surface area contributed by atoms with Crippen LogP contribution < -0.4 is 0 Å². The average molecular weight is 306 g/mol. The van der Waals surface area contributed by atoms with Gasteiger partial charge in [-0.3, -0.25) is 0 Å². The van der Waals surface area contributed by atoms with E-state index in [1.165, 1.54) is 0 Å². The van der Waals surface area contributed by atoms with Crippen molar-refractivity contribution in [3.8, 4) is 0 Å². The van der Waals surface area contributed by atoms with Gasteiger partial charge in [0, 0.05) is 0 Å². The molecule has 0 heterocycles. The summed E-state index contributed by atoms with van der Waals surface area (Å²) in [6, 6.07) is 0. The molecule has 0 nitrogen and oxygen atoms in total. The number of hydrogen-bond acceptors (Lipinski definition) is 0. The molecule has 0 aromatic carbocycles. The van der Waals surface area contributed by atoms with Crippen molar-refractivity contribution < 1.29 is 0 Å². The van der Waals surface area contributed by atoms with E-state index >= 15 is 0 Å². The Labute approximate surface area is 76.9 Å². The molecule has 0 spiro atoms. The summed E-state index contributed by atoms with van der Waals surface area (Å²) in [5, 5.41) is 0. The summed E-state index contributed by atoms with van der Waals surface area (Å²) < 4.78 is 0.631. The molecule has 0 aliphatic carbocycles. The summed E-state index contributed by atoms with van der Waals surface area (Å²) in [6.07, 6.45) is 3.75. The van der Waals surface area contributed by atoms with E-state index in [2.05, 4.69) is 6.58 Å². The van der Waals surface area contributed by atoms with Gasteiger partial charge in [-0.15, -0.1) is 0 Å². The van der Waals surface area contributed by atoms with Crippen molar-refractivity contribution >= 4 is 41.8 Å². The van der Waals surface area contributed by atoms with Crippen LogP contribution in [-0.4, -0.2) is 15.0 Å². The van der Waals surface area contributed by atoms with Crippen molar-refractivity contribution in [2.24, 2.45) is 0 Å². The second-order valence-electron chi connectivity index (χ2n) is 2.07. The summed E-state index contributed by atoms with van der Waals surface area (Å²) in [5.41, 5.74) is 0.987. The van der Waals surface area contributed by atoms with Crippen LogP contribution in [0.4, 0.5) is 0 Å². The van der Waals surface area contributed by atoms with Gasteiger partial charge in [0.1, 0.15) is 0 Å². The van der Waals surface area contributed by atoms with E-state index in [1.807, 2.05) is 19.1 Å². The molecule has 0 fully saturated rings. The minimum absolute atomic E-state index is 0.631. The Bertz CT molecular complexity index is 146. The molecular formula is C6H9Cl3Sn. The van der Waals surface area contributed by atoms with E-state index in [9.17, 15) is 0 Å². The number of halogens is 3. The summed E-state index contributed by atoms with van der Waals surface area (Å²) in [5.74, 6) is 0. The molecule has 0 aromatic heterocycles. The Balaban J connectivity index is 3.64. The number of rotatable bonds is 3. The molecule has 4 heteroatoms. The maximum atomic E-state index is 5.68. The molecule has 0 unspecified atom stereocenters. The van der Waals surface area contributed by atoms with E-state index in [1.54, 1.807) is 0 Å². The summed E-state index contributed by atoms with van der Waals surface area (Å²) in [6.45, 7) is 5.59. The van der Waals surface area contributed by atoms with Crippen LogP contribution >= 0.6 is 26.8 Å². The van der Waals surface area contributed by atoms with Gasteiger partial charge in [0.2, 0.25) is 0 Å². The first-order chi connectivity index (χ1) is 4.42. The van der Waals surface area contributed by atoms with E-state index in [0.717, 1.165) is 5.57 Å². The van der Waals surface area contributed by atoms with Crippen LogP contribution in [0, 0.1) is 0 Å². The molecule has 0 N–H and O–H groups in total. The Morgan fingerprint density at radius 3 is 2.30 bits per heavy atom. The molecule has 0 amide bonds. The van der Waals surface area contributed by atoms with E-state index < -0.39 is 15.0 Å². The second kappa shape index (κ2) is 4.91. The fraction of sp³-hybridized carbons (Fsp3) is 0.333. The first-order valence-corrected chi connectivity index (χ1v) is 15.7. The third kappa shape index (κ3) is 9.15. The molecule has 0 bridgehead atoms. The predicted molar refractivity (Wildman–Crippen MR) is 52.1 cm³/mol. The summed E-state index contributed by atoms with van der Waals surface area (Å²) >= 11 is -3.08. The van der Waals surface area contributed by atoms with Gasteiger partial charge in [-0.2, -0.15) is 0 Å². The number of hydrogen-bond donors (Lipinski definition) is 0. The van der Waals surface area contributed by atoms with Gasteiger partial charge in [0.05, 0.1) is 0 Å². The van der Waals surface area contributed by atoms with Crippen molar-refractivity contribution in [2.45, 2.75) is 11.4 Å². The first kappa shape index (κ1) is 11.1. The quantitative estimate of drug-likeness (QED) is 0.550. The van der Waals surface area contributed by atoms with Gasteiger partial charge in [0.25, 0.3) is 0 Å². The van der Waals surface area contributed by atoms with Crippen molar-refractivity contribution in [3.63, 3.8) is 0 Å². The predicted octanol–water partition coefficient (Wildman–Crippen LogP) is 3.77. The normalized spacial score (nSPS) is 12.4. The Hall–Kier alpha value is 1.15. The molecule has 0 atom stereocenters. The first-order valence-electron chi connectivity index (χ1n) is 2.80. The third-order valence-electron chi connectivity index (χ3n) is 0.752. The van der Waals surface area contributed by atoms with E-state index in [4.69, 9.17) is 26.8 Å². The van der Waals surface area contributed by atoms with Crippen LogP contribution in [0.15, 0.2) is 24.3 Å². The monoisotopic (exact) mass is 306 g/mol. The third-order valence-corrected chi connectivity index (χ3v) is 5.85. The SMILES string of the molecule is C=C(C)/C=C/[CH2][Sn]([Cl])([Cl])[Cl]. The molecule has 0 rings (SSSR count). The molecular weight excluding hydrogens is 297 g/mol. The van der Waals surface area contributed by atoms with Crippen molar-refractivity contribution in [1.82, 2.24) is 0 Å². The fourth-order valence-electron chi connectivity index (χ4n) is 0.394. The second-order valence-corrected chi connectivity index (χ2v) is 23.6. The van der Waals surface area contributed by atoms with Gasteiger partial charge >= 0.3 is 77.4 Å². The molecule has 0 radical (unpaired) electrons.